The molecule has 0 unspecified atom stereocenters. The van der Waals surface area contributed by atoms with Crippen LogP contribution in [-0.2, 0) is 6.54 Å². The molecule has 38 heavy (non-hydrogen) atoms. The highest BCUT2D eigenvalue weighted by molar-refractivity contribution is 7.80. The van der Waals surface area contributed by atoms with Crippen LogP contribution in [-0.4, -0.2) is 32.7 Å². The van der Waals surface area contributed by atoms with Crippen LogP contribution in [0.1, 0.15) is 48.8 Å². The number of nitrogens with zero attached hydrogens (tertiary/aromatic N) is 5. The second-order valence-electron chi connectivity index (χ2n) is 10.2. The van der Waals surface area contributed by atoms with E-state index in [1.807, 2.05) is 30.6 Å². The summed E-state index contributed by atoms with van der Waals surface area (Å²) in [5.41, 5.74) is 5.30. The number of hydrogen-bond donors (Lipinski definition) is 1. The highest BCUT2D eigenvalue weighted by atomic mass is 35.5. The molecule has 1 aromatic carbocycles. The Labute approximate surface area is 234 Å². The van der Waals surface area contributed by atoms with Gasteiger partial charge in [0.1, 0.15) is 6.04 Å². The van der Waals surface area contributed by atoms with Gasteiger partial charge in [0, 0.05) is 55.8 Å². The minimum Gasteiger partial charge on any atom is -0.370 e. The Morgan fingerprint density at radius 2 is 1.89 bits per heavy atom. The van der Waals surface area contributed by atoms with Crippen LogP contribution in [0.15, 0.2) is 85.5 Å². The first-order chi connectivity index (χ1) is 18.6. The SMILES string of the molecule is CC1CCN(c2ccc(N3C(=S)N[C@@H](c4ccccn4)[C@H]3c3cccn3Cc3cccnc3)cc2Cl)CC1. The first kappa shape index (κ1) is 24.9. The van der Waals surface area contributed by atoms with Crippen molar-refractivity contribution in [3.05, 3.63) is 107 Å². The third-order valence-corrected chi connectivity index (χ3v) is 8.29. The second kappa shape index (κ2) is 10.8. The number of benzene rings is 1. The molecule has 0 amide bonds. The number of nitrogens with one attached hydrogen (secondary N) is 1. The number of hydrogen-bond acceptors (Lipinski definition) is 4. The van der Waals surface area contributed by atoms with Gasteiger partial charge in [-0.1, -0.05) is 30.7 Å². The van der Waals surface area contributed by atoms with E-state index >= 15 is 0 Å². The quantitative estimate of drug-likeness (QED) is 0.285. The van der Waals surface area contributed by atoms with E-state index in [-0.39, 0.29) is 12.1 Å². The van der Waals surface area contributed by atoms with Gasteiger partial charge in [0.15, 0.2) is 5.11 Å². The van der Waals surface area contributed by atoms with Gasteiger partial charge in [0.05, 0.1) is 22.4 Å². The number of aromatic nitrogens is 3. The number of halogens is 1. The van der Waals surface area contributed by atoms with Gasteiger partial charge in [-0.2, -0.15) is 0 Å². The Morgan fingerprint density at radius 1 is 1.03 bits per heavy atom. The summed E-state index contributed by atoms with van der Waals surface area (Å²) in [6, 6.07) is 20.5. The zero-order valence-electron chi connectivity index (χ0n) is 21.4. The van der Waals surface area contributed by atoms with E-state index in [0.717, 1.165) is 58.9 Å². The van der Waals surface area contributed by atoms with Crippen molar-refractivity contribution in [1.82, 2.24) is 19.9 Å². The predicted octanol–water partition coefficient (Wildman–Crippen LogP) is 6.39. The molecule has 8 heteroatoms. The summed E-state index contributed by atoms with van der Waals surface area (Å²) in [4.78, 5) is 13.6. The van der Waals surface area contributed by atoms with Crippen LogP contribution in [0.5, 0.6) is 0 Å². The third-order valence-electron chi connectivity index (χ3n) is 7.68. The van der Waals surface area contributed by atoms with Gasteiger partial charge in [0.25, 0.3) is 0 Å². The smallest absolute Gasteiger partial charge is 0.174 e. The number of piperidine rings is 1. The van der Waals surface area contributed by atoms with Crippen molar-refractivity contribution >= 4 is 40.3 Å². The molecule has 2 aliphatic heterocycles. The van der Waals surface area contributed by atoms with Crippen molar-refractivity contribution in [3.63, 3.8) is 0 Å². The lowest BCUT2D eigenvalue weighted by atomic mass is 9.98. The molecule has 2 aliphatic rings. The normalized spacial score (nSPS) is 20.1. The monoisotopic (exact) mass is 542 g/mol. The molecule has 6 rings (SSSR count). The summed E-state index contributed by atoms with van der Waals surface area (Å²) < 4.78 is 2.27. The maximum Gasteiger partial charge on any atom is 0.174 e. The molecule has 0 aliphatic carbocycles. The lowest BCUT2D eigenvalue weighted by Crippen LogP contribution is -2.33. The van der Waals surface area contributed by atoms with Gasteiger partial charge in [-0.3, -0.25) is 9.97 Å². The Bertz CT molecular complexity index is 1400. The predicted molar refractivity (Wildman–Crippen MR) is 158 cm³/mol. The summed E-state index contributed by atoms with van der Waals surface area (Å²) in [7, 11) is 0. The molecule has 2 fully saturated rings. The molecule has 2 saturated heterocycles. The van der Waals surface area contributed by atoms with Crippen LogP contribution in [0.4, 0.5) is 11.4 Å². The van der Waals surface area contributed by atoms with E-state index in [1.165, 1.54) is 12.8 Å². The summed E-state index contributed by atoms with van der Waals surface area (Å²) in [6.07, 6.45) is 10.1. The summed E-state index contributed by atoms with van der Waals surface area (Å²) in [6.45, 7) is 5.12. The van der Waals surface area contributed by atoms with Crippen molar-refractivity contribution < 1.29 is 0 Å². The largest absolute Gasteiger partial charge is 0.370 e. The van der Waals surface area contributed by atoms with E-state index in [1.54, 1.807) is 6.20 Å². The van der Waals surface area contributed by atoms with Crippen molar-refractivity contribution in [3.8, 4) is 0 Å². The molecule has 0 spiro atoms. The van der Waals surface area contributed by atoms with Gasteiger partial charge < -0.3 is 19.7 Å². The maximum atomic E-state index is 6.93. The Balaban J connectivity index is 1.38. The summed E-state index contributed by atoms with van der Waals surface area (Å²) in [5.74, 6) is 0.768. The molecular formula is C30H31ClN6S. The number of anilines is 2. The fraction of sp³-hybridized carbons (Fsp3) is 0.300. The van der Waals surface area contributed by atoms with Crippen molar-refractivity contribution in [2.24, 2.45) is 5.92 Å². The van der Waals surface area contributed by atoms with E-state index < -0.39 is 0 Å². The zero-order valence-corrected chi connectivity index (χ0v) is 22.9. The molecule has 0 saturated carbocycles. The highest BCUT2D eigenvalue weighted by Crippen LogP contribution is 2.43. The van der Waals surface area contributed by atoms with Crippen molar-refractivity contribution in [2.45, 2.75) is 38.4 Å². The molecule has 2 atom stereocenters. The maximum absolute atomic E-state index is 6.93. The van der Waals surface area contributed by atoms with Crippen LogP contribution in [0.25, 0.3) is 0 Å². The van der Waals surface area contributed by atoms with Gasteiger partial charge in [-0.25, -0.2) is 0 Å². The van der Waals surface area contributed by atoms with Crippen LogP contribution >= 0.6 is 23.8 Å². The van der Waals surface area contributed by atoms with E-state index in [0.29, 0.717) is 5.11 Å². The molecule has 1 N–H and O–H groups in total. The topological polar surface area (TPSA) is 49.2 Å². The van der Waals surface area contributed by atoms with Gasteiger partial charge in [0.2, 0.25) is 0 Å². The average molecular weight is 543 g/mol. The fourth-order valence-corrected chi connectivity index (χ4v) is 6.25. The minimum atomic E-state index is -0.117. The average Bonchev–Trinajstić information content (AvgIpc) is 3.53. The van der Waals surface area contributed by atoms with Gasteiger partial charge in [-0.15, -0.1) is 0 Å². The molecule has 5 heterocycles. The molecule has 6 nitrogen and oxygen atoms in total. The third kappa shape index (κ3) is 4.88. The fourth-order valence-electron chi connectivity index (χ4n) is 5.61. The van der Waals surface area contributed by atoms with Gasteiger partial charge >= 0.3 is 0 Å². The first-order valence-electron chi connectivity index (χ1n) is 13.2. The molecular weight excluding hydrogens is 512 g/mol. The number of pyridine rings is 2. The number of thiocarbonyl (C=S) groups is 1. The van der Waals surface area contributed by atoms with E-state index in [9.17, 15) is 0 Å². The summed E-state index contributed by atoms with van der Waals surface area (Å²) in [5, 5.41) is 4.98. The van der Waals surface area contributed by atoms with Crippen LogP contribution < -0.4 is 15.1 Å². The first-order valence-corrected chi connectivity index (χ1v) is 14.0. The Hall–Kier alpha value is -3.42. The Kier molecular flexibility index (Phi) is 7.04. The summed E-state index contributed by atoms with van der Waals surface area (Å²) >= 11 is 12.9. The molecule has 0 bridgehead atoms. The van der Waals surface area contributed by atoms with Gasteiger partial charge in [-0.05, 0) is 85.1 Å². The highest BCUT2D eigenvalue weighted by Gasteiger charge is 2.42. The van der Waals surface area contributed by atoms with Crippen molar-refractivity contribution in [1.29, 1.82) is 0 Å². The van der Waals surface area contributed by atoms with Crippen molar-refractivity contribution in [2.75, 3.05) is 22.9 Å². The zero-order chi connectivity index (χ0) is 26.1. The van der Waals surface area contributed by atoms with Crippen LogP contribution in [0.2, 0.25) is 5.02 Å². The van der Waals surface area contributed by atoms with Crippen LogP contribution in [0, 0.1) is 5.92 Å². The second-order valence-corrected chi connectivity index (χ2v) is 11.0. The lowest BCUT2D eigenvalue weighted by molar-refractivity contribution is 0.438. The molecule has 194 valence electrons. The Morgan fingerprint density at radius 3 is 2.63 bits per heavy atom. The van der Waals surface area contributed by atoms with E-state index in [4.69, 9.17) is 28.8 Å². The standard InChI is InChI=1S/C30H31ClN6S/c1-21-11-16-35(17-12-21)26-10-9-23(18-24(26)31)37-29(28(34-30(37)38)25-7-2-3-14-33-25)27-8-5-15-36(27)20-22-6-4-13-32-19-22/h2-10,13-15,18-19,21,28-29H,11-12,16-17,20H2,1H3,(H,34,38)/t28-,29+/m0/s1. The molecule has 4 aromatic rings. The minimum absolute atomic E-state index is 0.109. The van der Waals surface area contributed by atoms with Crippen LogP contribution in [0.3, 0.4) is 0 Å². The lowest BCUT2D eigenvalue weighted by Gasteiger charge is -2.33. The molecule has 3 aromatic heterocycles. The number of rotatable bonds is 6. The molecule has 0 radical (unpaired) electrons. The van der Waals surface area contributed by atoms with E-state index in [2.05, 4.69) is 80.3 Å².